The van der Waals surface area contributed by atoms with E-state index < -0.39 is 0 Å². The van der Waals surface area contributed by atoms with Crippen molar-refractivity contribution in [2.75, 3.05) is 11.8 Å². The summed E-state index contributed by atoms with van der Waals surface area (Å²) in [6.07, 6.45) is 0. The Morgan fingerprint density at radius 3 is 2.00 bits per heavy atom. The van der Waals surface area contributed by atoms with Crippen molar-refractivity contribution in [1.82, 2.24) is 0 Å². The van der Waals surface area contributed by atoms with Crippen LogP contribution in [-0.4, -0.2) is 11.8 Å². The van der Waals surface area contributed by atoms with Gasteiger partial charge < -0.3 is 5.50 Å². The van der Waals surface area contributed by atoms with Gasteiger partial charge in [0.2, 0.25) is 0 Å². The molecule has 0 aliphatic carbocycles. The van der Waals surface area contributed by atoms with Gasteiger partial charge in [-0.15, -0.1) is 8.58 Å². The minimum atomic E-state index is 0.0947. The van der Waals surface area contributed by atoms with E-state index in [1.807, 2.05) is 0 Å². The fourth-order valence-electron chi connectivity index (χ4n) is 0.241. The van der Waals surface area contributed by atoms with Gasteiger partial charge in [-0.3, -0.25) is 0 Å². The van der Waals surface area contributed by atoms with Gasteiger partial charge in [0.1, 0.15) is 0 Å². The monoisotopic (exact) mass is 107 g/mol. The summed E-state index contributed by atoms with van der Waals surface area (Å²) < 4.78 is 0. The standard InChI is InChI=1S/C2H7NP2/c3-5-1-4-2-5/h4H,1-3H2. The van der Waals surface area contributed by atoms with Gasteiger partial charge in [0.25, 0.3) is 0 Å². The van der Waals surface area contributed by atoms with Crippen LogP contribution in [0.25, 0.3) is 0 Å². The lowest BCUT2D eigenvalue weighted by Crippen LogP contribution is -1.99. The second kappa shape index (κ2) is 1.51. The highest BCUT2D eigenvalue weighted by Gasteiger charge is 2.09. The van der Waals surface area contributed by atoms with E-state index in [0.29, 0.717) is 0 Å². The molecule has 0 aromatic rings. The third-order valence-corrected chi connectivity index (χ3v) is 5.67. The molecule has 5 heavy (non-hydrogen) atoms. The van der Waals surface area contributed by atoms with Gasteiger partial charge in [0.05, 0.1) is 0 Å². The van der Waals surface area contributed by atoms with Crippen LogP contribution in [0.15, 0.2) is 0 Å². The summed E-state index contributed by atoms with van der Waals surface area (Å²) in [5.74, 6) is 2.71. The van der Waals surface area contributed by atoms with Crippen molar-refractivity contribution in [3.63, 3.8) is 0 Å². The highest BCUT2D eigenvalue weighted by Crippen LogP contribution is 2.50. The lowest BCUT2D eigenvalue weighted by Gasteiger charge is -2.19. The molecule has 1 heterocycles. The molecule has 1 rings (SSSR count). The van der Waals surface area contributed by atoms with Crippen molar-refractivity contribution in [3.05, 3.63) is 0 Å². The second-order valence-electron chi connectivity index (χ2n) is 1.15. The van der Waals surface area contributed by atoms with E-state index >= 15 is 0 Å². The highest BCUT2D eigenvalue weighted by molar-refractivity contribution is 7.81. The Morgan fingerprint density at radius 2 is 2.00 bits per heavy atom. The van der Waals surface area contributed by atoms with Crippen LogP contribution < -0.4 is 5.50 Å². The average molecular weight is 107 g/mol. The predicted octanol–water partition coefficient (Wildman–Crippen LogP) is 0.949. The van der Waals surface area contributed by atoms with Crippen molar-refractivity contribution in [3.8, 4) is 0 Å². The molecule has 0 bridgehead atoms. The van der Waals surface area contributed by atoms with Crippen molar-refractivity contribution in [1.29, 1.82) is 0 Å². The molecule has 1 aliphatic heterocycles. The maximum absolute atomic E-state index is 5.45. The minimum Gasteiger partial charge on any atom is -0.309 e. The van der Waals surface area contributed by atoms with Gasteiger partial charge in [-0.05, 0) is 19.9 Å². The van der Waals surface area contributed by atoms with E-state index in [9.17, 15) is 0 Å². The number of rotatable bonds is 0. The van der Waals surface area contributed by atoms with Crippen LogP contribution in [-0.2, 0) is 0 Å². The van der Waals surface area contributed by atoms with Gasteiger partial charge in [-0.25, -0.2) is 0 Å². The number of nitrogens with two attached hydrogens (primary N) is 1. The van der Waals surface area contributed by atoms with Crippen LogP contribution in [0.5, 0.6) is 0 Å². The molecule has 1 nitrogen and oxygen atoms in total. The summed E-state index contributed by atoms with van der Waals surface area (Å²) >= 11 is 0. The normalized spacial score (nSPS) is 41.4. The molecular weight excluding hydrogens is 100.0 g/mol. The highest BCUT2D eigenvalue weighted by atomic mass is 31.2. The number of hydrogen-bond acceptors (Lipinski definition) is 1. The first-order valence-electron chi connectivity index (χ1n) is 1.60. The fourth-order valence-corrected chi connectivity index (χ4v) is 2.17. The first kappa shape index (κ1) is 3.99. The number of hydrogen-bond donors (Lipinski definition) is 1. The molecule has 0 spiro atoms. The van der Waals surface area contributed by atoms with Crippen LogP contribution in [0.2, 0.25) is 0 Å². The lowest BCUT2D eigenvalue weighted by atomic mass is 11.8. The van der Waals surface area contributed by atoms with E-state index in [1.165, 1.54) is 20.4 Å². The van der Waals surface area contributed by atoms with Gasteiger partial charge in [0.15, 0.2) is 0 Å². The van der Waals surface area contributed by atoms with Crippen LogP contribution in [0.1, 0.15) is 0 Å². The molecular formula is C2H7NP2. The molecule has 0 aromatic carbocycles. The Hall–Kier alpha value is 0.820. The minimum absolute atomic E-state index is 0.0947. The largest absolute Gasteiger partial charge is 0.309 e. The summed E-state index contributed by atoms with van der Waals surface area (Å²) in [4.78, 5) is 0. The molecule has 0 amide bonds. The van der Waals surface area contributed by atoms with Crippen LogP contribution in [0.4, 0.5) is 0 Å². The summed E-state index contributed by atoms with van der Waals surface area (Å²) in [7, 11) is 1.30. The van der Waals surface area contributed by atoms with Crippen LogP contribution in [0.3, 0.4) is 0 Å². The zero-order valence-electron chi connectivity index (χ0n) is 2.94. The lowest BCUT2D eigenvalue weighted by molar-refractivity contribution is 1.75. The smallest absolute Gasteiger partial charge is 0.00122 e. The molecule has 0 saturated carbocycles. The third-order valence-electron chi connectivity index (χ3n) is 0.630. The van der Waals surface area contributed by atoms with E-state index in [-0.39, 0.29) is 8.07 Å². The molecule has 1 fully saturated rings. The van der Waals surface area contributed by atoms with Gasteiger partial charge in [-0.1, -0.05) is 0 Å². The first-order chi connectivity index (χ1) is 2.39. The fraction of sp³-hybridized carbons (Fsp3) is 1.00. The summed E-state index contributed by atoms with van der Waals surface area (Å²) in [6.45, 7) is 0. The Kier molecular flexibility index (Phi) is 1.21. The zero-order valence-corrected chi connectivity index (χ0v) is 4.83. The van der Waals surface area contributed by atoms with Crippen molar-refractivity contribution >= 4 is 16.7 Å². The third kappa shape index (κ3) is 0.824. The molecule has 1 aliphatic rings. The van der Waals surface area contributed by atoms with E-state index in [2.05, 4.69) is 0 Å². The summed E-state index contributed by atoms with van der Waals surface area (Å²) in [5, 5.41) is 0. The Labute approximate surface area is 34.9 Å². The summed E-state index contributed by atoms with van der Waals surface area (Å²) in [6, 6.07) is 0. The van der Waals surface area contributed by atoms with Crippen LogP contribution in [0, 0.1) is 0 Å². The van der Waals surface area contributed by atoms with Crippen LogP contribution >= 0.6 is 16.7 Å². The maximum atomic E-state index is 5.45. The van der Waals surface area contributed by atoms with E-state index in [0.717, 1.165) is 0 Å². The zero-order chi connectivity index (χ0) is 3.70. The van der Waals surface area contributed by atoms with Crippen molar-refractivity contribution < 1.29 is 0 Å². The molecule has 0 unspecified atom stereocenters. The predicted molar refractivity (Wildman–Crippen MR) is 29.2 cm³/mol. The Balaban J connectivity index is 2.08. The quantitative estimate of drug-likeness (QED) is 0.458. The Morgan fingerprint density at radius 1 is 1.60 bits per heavy atom. The van der Waals surface area contributed by atoms with Crippen molar-refractivity contribution in [2.45, 2.75) is 0 Å². The molecule has 30 valence electrons. The molecule has 1 saturated heterocycles. The maximum Gasteiger partial charge on any atom is -0.00122 e. The Bertz CT molecular complexity index is 34.6. The van der Waals surface area contributed by atoms with E-state index in [1.54, 1.807) is 0 Å². The van der Waals surface area contributed by atoms with Gasteiger partial charge in [0, 0.05) is 0 Å². The van der Waals surface area contributed by atoms with Gasteiger partial charge in [-0.2, -0.15) is 0 Å². The molecule has 2 N–H and O–H groups in total. The molecule has 0 aromatic heterocycles. The van der Waals surface area contributed by atoms with Crippen molar-refractivity contribution in [2.24, 2.45) is 5.50 Å². The molecule has 0 atom stereocenters. The second-order valence-corrected chi connectivity index (χ2v) is 5.36. The molecule has 0 radical (unpaired) electrons. The first-order valence-corrected chi connectivity index (χ1v) is 4.79. The summed E-state index contributed by atoms with van der Waals surface area (Å²) in [5.41, 5.74) is 5.45. The van der Waals surface area contributed by atoms with E-state index in [4.69, 9.17) is 5.50 Å². The topological polar surface area (TPSA) is 26.0 Å². The SMILES string of the molecule is NP1CPC1. The molecule has 3 heteroatoms. The average Bonchev–Trinajstić information content (AvgIpc) is 1.30. The van der Waals surface area contributed by atoms with Gasteiger partial charge >= 0.3 is 0 Å².